The van der Waals surface area contributed by atoms with E-state index >= 15 is 0 Å². The molecule has 2 aromatic rings. The number of carboxylic acids is 1. The van der Waals surface area contributed by atoms with Crippen molar-refractivity contribution in [1.82, 2.24) is 9.97 Å². The van der Waals surface area contributed by atoms with E-state index in [9.17, 15) is 4.79 Å². The van der Waals surface area contributed by atoms with Crippen LogP contribution < -0.4 is 5.32 Å². The summed E-state index contributed by atoms with van der Waals surface area (Å²) >= 11 is 1.57. The molecular formula is C10H11N3O2S. The second-order valence-corrected chi connectivity index (χ2v) is 4.69. The van der Waals surface area contributed by atoms with E-state index in [1.165, 1.54) is 0 Å². The molecule has 0 aliphatic rings. The molecule has 1 atom stereocenters. The number of rotatable bonds is 3. The average molecular weight is 237 g/mol. The fourth-order valence-corrected chi connectivity index (χ4v) is 2.06. The number of pyridine rings is 1. The first kappa shape index (κ1) is 10.8. The summed E-state index contributed by atoms with van der Waals surface area (Å²) in [6, 6.07) is 2.99. The predicted molar refractivity (Wildman–Crippen MR) is 62.9 cm³/mol. The van der Waals surface area contributed by atoms with Crippen molar-refractivity contribution in [1.29, 1.82) is 0 Å². The predicted octanol–water partition coefficient (Wildman–Crippen LogP) is 1.88. The topological polar surface area (TPSA) is 75.1 Å². The second-order valence-electron chi connectivity index (χ2n) is 3.46. The van der Waals surface area contributed by atoms with Crippen LogP contribution in [0, 0.1) is 6.92 Å². The van der Waals surface area contributed by atoms with Crippen LogP contribution in [0.5, 0.6) is 0 Å². The Kier molecular flexibility index (Phi) is 2.74. The van der Waals surface area contributed by atoms with Gasteiger partial charge in [0.05, 0.1) is 9.71 Å². The van der Waals surface area contributed by atoms with Crippen LogP contribution in [-0.4, -0.2) is 27.1 Å². The normalized spacial score (nSPS) is 12.6. The van der Waals surface area contributed by atoms with Gasteiger partial charge in [-0.25, -0.2) is 9.97 Å². The van der Waals surface area contributed by atoms with Gasteiger partial charge in [0.25, 0.3) is 0 Å². The van der Waals surface area contributed by atoms with Crippen LogP contribution in [0.3, 0.4) is 0 Å². The number of fused-ring (bicyclic) bond motifs is 1. The van der Waals surface area contributed by atoms with Crippen LogP contribution in [0.4, 0.5) is 5.82 Å². The highest BCUT2D eigenvalue weighted by atomic mass is 32.1. The minimum Gasteiger partial charge on any atom is -0.480 e. The van der Waals surface area contributed by atoms with Crippen molar-refractivity contribution < 1.29 is 9.90 Å². The van der Waals surface area contributed by atoms with Gasteiger partial charge in [-0.3, -0.25) is 4.79 Å². The molecule has 0 aliphatic carbocycles. The molecule has 2 heterocycles. The maximum absolute atomic E-state index is 10.7. The van der Waals surface area contributed by atoms with Gasteiger partial charge in [0.15, 0.2) is 5.65 Å². The number of aromatic nitrogens is 2. The summed E-state index contributed by atoms with van der Waals surface area (Å²) in [5.74, 6) is -0.371. The summed E-state index contributed by atoms with van der Waals surface area (Å²) in [6.07, 6.45) is 0. The highest BCUT2D eigenvalue weighted by Crippen LogP contribution is 2.21. The summed E-state index contributed by atoms with van der Waals surface area (Å²) in [5, 5.41) is 12.5. The average Bonchev–Trinajstić information content (AvgIpc) is 2.57. The molecule has 16 heavy (non-hydrogen) atoms. The Morgan fingerprint density at radius 3 is 2.94 bits per heavy atom. The quantitative estimate of drug-likeness (QED) is 0.852. The van der Waals surface area contributed by atoms with E-state index in [1.807, 2.05) is 13.0 Å². The molecule has 0 fully saturated rings. The van der Waals surface area contributed by atoms with E-state index in [0.717, 1.165) is 9.71 Å². The summed E-state index contributed by atoms with van der Waals surface area (Å²) in [7, 11) is 0. The first-order valence-electron chi connectivity index (χ1n) is 4.80. The Morgan fingerprint density at radius 2 is 2.25 bits per heavy atom. The van der Waals surface area contributed by atoms with Gasteiger partial charge in [0.1, 0.15) is 11.9 Å². The van der Waals surface area contributed by atoms with Crippen molar-refractivity contribution in [3.63, 3.8) is 0 Å². The standard InChI is InChI=1S/C10H11N3O2S/c1-5(10(14)15)11-8-4-3-7-9(13-8)12-6(2)16-7/h3-5H,1-2H3,(H,11,13)(H,14,15). The number of carbonyl (C=O) groups is 1. The third-order valence-corrected chi connectivity index (χ3v) is 3.02. The third kappa shape index (κ3) is 2.11. The van der Waals surface area contributed by atoms with Crippen molar-refractivity contribution in [2.75, 3.05) is 5.32 Å². The number of hydrogen-bond acceptors (Lipinski definition) is 5. The lowest BCUT2D eigenvalue weighted by atomic mass is 10.3. The Morgan fingerprint density at radius 1 is 1.50 bits per heavy atom. The number of hydrogen-bond donors (Lipinski definition) is 2. The highest BCUT2D eigenvalue weighted by molar-refractivity contribution is 7.18. The van der Waals surface area contributed by atoms with E-state index in [4.69, 9.17) is 5.11 Å². The lowest BCUT2D eigenvalue weighted by Gasteiger charge is -2.08. The van der Waals surface area contributed by atoms with Gasteiger partial charge in [0.2, 0.25) is 0 Å². The number of aliphatic carboxylic acids is 1. The van der Waals surface area contributed by atoms with Crippen LogP contribution in [0.2, 0.25) is 0 Å². The van der Waals surface area contributed by atoms with Crippen molar-refractivity contribution in [2.24, 2.45) is 0 Å². The fourth-order valence-electron chi connectivity index (χ4n) is 1.29. The molecule has 0 radical (unpaired) electrons. The molecule has 6 heteroatoms. The Hall–Kier alpha value is -1.69. The zero-order valence-corrected chi connectivity index (χ0v) is 9.71. The van der Waals surface area contributed by atoms with E-state index in [0.29, 0.717) is 11.5 Å². The van der Waals surface area contributed by atoms with Gasteiger partial charge in [-0.15, -0.1) is 11.3 Å². The van der Waals surface area contributed by atoms with Gasteiger partial charge in [-0.2, -0.15) is 0 Å². The molecule has 2 rings (SSSR count). The lowest BCUT2D eigenvalue weighted by molar-refractivity contribution is -0.137. The number of aryl methyl sites for hydroxylation is 1. The second kappa shape index (κ2) is 4.05. The van der Waals surface area contributed by atoms with E-state index < -0.39 is 12.0 Å². The smallest absolute Gasteiger partial charge is 0.325 e. The van der Waals surface area contributed by atoms with E-state index in [-0.39, 0.29) is 0 Å². The molecule has 2 aromatic heterocycles. The molecule has 84 valence electrons. The first-order valence-corrected chi connectivity index (χ1v) is 5.61. The number of thiazole rings is 1. The molecule has 0 spiro atoms. The molecule has 0 saturated carbocycles. The zero-order chi connectivity index (χ0) is 11.7. The largest absolute Gasteiger partial charge is 0.480 e. The summed E-state index contributed by atoms with van der Waals surface area (Å²) in [5.41, 5.74) is 0.657. The SMILES string of the molecule is Cc1nc2nc(NC(C)C(=O)O)ccc2s1. The Balaban J connectivity index is 2.28. The summed E-state index contributed by atoms with van der Waals surface area (Å²) < 4.78 is 1.01. The molecule has 0 amide bonds. The van der Waals surface area contributed by atoms with Gasteiger partial charge in [-0.05, 0) is 26.0 Å². The van der Waals surface area contributed by atoms with Crippen LogP contribution in [-0.2, 0) is 4.79 Å². The van der Waals surface area contributed by atoms with Crippen molar-refractivity contribution in [3.8, 4) is 0 Å². The molecule has 0 bridgehead atoms. The highest BCUT2D eigenvalue weighted by Gasteiger charge is 2.11. The minimum atomic E-state index is -0.906. The van der Waals surface area contributed by atoms with Gasteiger partial charge in [-0.1, -0.05) is 0 Å². The number of nitrogens with zero attached hydrogens (tertiary/aromatic N) is 2. The lowest BCUT2D eigenvalue weighted by Crippen LogP contribution is -2.25. The monoisotopic (exact) mass is 237 g/mol. The third-order valence-electron chi connectivity index (χ3n) is 2.10. The van der Waals surface area contributed by atoms with Crippen LogP contribution in [0.1, 0.15) is 11.9 Å². The molecule has 5 nitrogen and oxygen atoms in total. The zero-order valence-electron chi connectivity index (χ0n) is 8.89. The summed E-state index contributed by atoms with van der Waals surface area (Å²) in [6.45, 7) is 3.49. The Labute approximate surface area is 96.2 Å². The van der Waals surface area contributed by atoms with Crippen molar-refractivity contribution in [2.45, 2.75) is 19.9 Å². The number of anilines is 1. The summed E-state index contributed by atoms with van der Waals surface area (Å²) in [4.78, 5) is 19.2. The first-order chi connectivity index (χ1) is 7.56. The maximum Gasteiger partial charge on any atom is 0.325 e. The van der Waals surface area contributed by atoms with Crippen molar-refractivity contribution >= 4 is 33.5 Å². The van der Waals surface area contributed by atoms with E-state index in [1.54, 1.807) is 24.3 Å². The molecule has 0 saturated heterocycles. The minimum absolute atomic E-state index is 0.535. The van der Waals surface area contributed by atoms with Gasteiger partial charge >= 0.3 is 5.97 Å². The molecule has 0 aromatic carbocycles. The molecule has 0 aliphatic heterocycles. The number of carboxylic acid groups (broad SMARTS) is 1. The number of nitrogens with one attached hydrogen (secondary N) is 1. The fraction of sp³-hybridized carbons (Fsp3) is 0.300. The van der Waals surface area contributed by atoms with Gasteiger partial charge < -0.3 is 10.4 Å². The van der Waals surface area contributed by atoms with Crippen molar-refractivity contribution in [3.05, 3.63) is 17.1 Å². The van der Waals surface area contributed by atoms with Crippen LogP contribution in [0.15, 0.2) is 12.1 Å². The van der Waals surface area contributed by atoms with E-state index in [2.05, 4.69) is 15.3 Å². The Bertz CT molecular complexity index is 538. The van der Waals surface area contributed by atoms with Crippen LogP contribution in [0.25, 0.3) is 10.3 Å². The molecule has 2 N–H and O–H groups in total. The van der Waals surface area contributed by atoms with Crippen LogP contribution >= 0.6 is 11.3 Å². The molecular weight excluding hydrogens is 226 g/mol. The van der Waals surface area contributed by atoms with Gasteiger partial charge in [0, 0.05) is 0 Å². The maximum atomic E-state index is 10.7. The molecule has 1 unspecified atom stereocenters.